The van der Waals surface area contributed by atoms with E-state index in [1.165, 1.54) is 0 Å². The highest BCUT2D eigenvalue weighted by molar-refractivity contribution is 5.95. The second-order valence-electron chi connectivity index (χ2n) is 6.81. The van der Waals surface area contributed by atoms with Gasteiger partial charge in [-0.15, -0.1) is 0 Å². The molecule has 0 aromatic heterocycles. The summed E-state index contributed by atoms with van der Waals surface area (Å²) in [5.41, 5.74) is 0.691. The van der Waals surface area contributed by atoms with Crippen LogP contribution in [0.15, 0.2) is 42.5 Å². The highest BCUT2D eigenvalue weighted by atomic mass is 16.7. The third-order valence-electron chi connectivity index (χ3n) is 4.68. The number of methoxy groups -OCH3 is 3. The molecule has 1 saturated heterocycles. The number of hydrogen-bond donors (Lipinski definition) is 1. The largest absolute Gasteiger partial charge is 0.497 e. The molecule has 28 heavy (non-hydrogen) atoms. The minimum absolute atomic E-state index is 0.163. The van der Waals surface area contributed by atoms with Crippen LogP contribution in [0.25, 0.3) is 0 Å². The number of benzene rings is 2. The molecule has 2 aromatic rings. The molecule has 3 rings (SSSR count). The summed E-state index contributed by atoms with van der Waals surface area (Å²) >= 11 is 0. The first kappa shape index (κ1) is 20.0. The van der Waals surface area contributed by atoms with E-state index in [1.807, 2.05) is 19.1 Å². The lowest BCUT2D eigenvalue weighted by molar-refractivity contribution is -0.226. The second-order valence-corrected chi connectivity index (χ2v) is 6.81. The molecular formula is C21H25NO6. The number of carbonyl (C=O) groups is 1. The maximum Gasteiger partial charge on any atom is 0.234 e. The Hall–Kier alpha value is -2.77. The maximum absolute atomic E-state index is 12.7. The van der Waals surface area contributed by atoms with Gasteiger partial charge >= 0.3 is 0 Å². The van der Waals surface area contributed by atoms with Gasteiger partial charge in [0, 0.05) is 11.3 Å². The molecule has 0 radical (unpaired) electrons. The van der Waals surface area contributed by atoms with Gasteiger partial charge in [0.15, 0.2) is 17.8 Å². The minimum Gasteiger partial charge on any atom is -0.497 e. The van der Waals surface area contributed by atoms with Gasteiger partial charge in [-0.1, -0.05) is 6.07 Å². The summed E-state index contributed by atoms with van der Waals surface area (Å²) in [5.74, 6) is 1.79. The Bertz CT molecular complexity index is 812. The zero-order valence-corrected chi connectivity index (χ0v) is 16.5. The molecule has 0 atom stereocenters. The van der Waals surface area contributed by atoms with Gasteiger partial charge in [0.05, 0.1) is 40.0 Å². The molecule has 0 spiro atoms. The molecular weight excluding hydrogens is 362 g/mol. The van der Waals surface area contributed by atoms with Crippen LogP contribution in [0.1, 0.15) is 18.8 Å². The zero-order valence-electron chi connectivity index (χ0n) is 16.5. The first-order chi connectivity index (χ1) is 13.5. The van der Waals surface area contributed by atoms with Gasteiger partial charge in [-0.3, -0.25) is 4.79 Å². The summed E-state index contributed by atoms with van der Waals surface area (Å²) in [7, 11) is 4.75. The average Bonchev–Trinajstić information content (AvgIpc) is 2.74. The molecule has 0 saturated carbocycles. The number of nitrogens with one attached hydrogen (secondary N) is 1. The predicted octanol–water partition coefficient (Wildman–Crippen LogP) is 3.40. The fraction of sp³-hybridized carbons (Fsp3) is 0.381. The van der Waals surface area contributed by atoms with Crippen molar-refractivity contribution in [2.45, 2.75) is 13.2 Å². The average molecular weight is 387 g/mol. The van der Waals surface area contributed by atoms with E-state index >= 15 is 0 Å². The molecule has 1 N–H and O–H groups in total. The van der Waals surface area contributed by atoms with Crippen LogP contribution in [-0.2, 0) is 14.3 Å². The molecule has 2 aromatic carbocycles. The Morgan fingerprint density at radius 2 is 1.61 bits per heavy atom. The third kappa shape index (κ3) is 4.21. The first-order valence-electron chi connectivity index (χ1n) is 8.90. The van der Waals surface area contributed by atoms with E-state index in [9.17, 15) is 4.79 Å². The van der Waals surface area contributed by atoms with E-state index in [0.29, 0.717) is 17.2 Å². The molecule has 7 nitrogen and oxygen atoms in total. The van der Waals surface area contributed by atoms with Crippen molar-refractivity contribution >= 4 is 11.6 Å². The number of ether oxygens (including phenoxy) is 5. The van der Waals surface area contributed by atoms with Crippen LogP contribution in [0.4, 0.5) is 5.69 Å². The lowest BCUT2D eigenvalue weighted by atomic mass is 9.90. The normalized spacial score (nSPS) is 21.6. The summed E-state index contributed by atoms with van der Waals surface area (Å²) < 4.78 is 27.4. The second kappa shape index (κ2) is 8.50. The number of amides is 1. The molecule has 1 heterocycles. The fourth-order valence-corrected chi connectivity index (χ4v) is 2.89. The number of hydrogen-bond acceptors (Lipinski definition) is 6. The minimum atomic E-state index is -0.799. The van der Waals surface area contributed by atoms with Gasteiger partial charge in [-0.2, -0.15) is 0 Å². The van der Waals surface area contributed by atoms with Crippen molar-refractivity contribution in [3.63, 3.8) is 0 Å². The van der Waals surface area contributed by atoms with Crippen molar-refractivity contribution in [2.24, 2.45) is 5.41 Å². The van der Waals surface area contributed by atoms with E-state index < -0.39 is 11.7 Å². The van der Waals surface area contributed by atoms with E-state index in [-0.39, 0.29) is 19.1 Å². The van der Waals surface area contributed by atoms with Crippen LogP contribution in [0.3, 0.4) is 0 Å². The van der Waals surface area contributed by atoms with Crippen molar-refractivity contribution in [2.75, 3.05) is 39.9 Å². The summed E-state index contributed by atoms with van der Waals surface area (Å²) in [6.45, 7) is 2.28. The van der Waals surface area contributed by atoms with E-state index in [4.69, 9.17) is 23.7 Å². The van der Waals surface area contributed by atoms with Gasteiger partial charge in [0.25, 0.3) is 0 Å². The Morgan fingerprint density at radius 3 is 2.18 bits per heavy atom. The van der Waals surface area contributed by atoms with Gasteiger partial charge in [0.2, 0.25) is 5.91 Å². The SMILES string of the molecule is COc1ccc(NC(=O)C2(C)COC(c3ccc(OC)c(OC)c3)OC2)cc1. The van der Waals surface area contributed by atoms with Gasteiger partial charge < -0.3 is 29.0 Å². The van der Waals surface area contributed by atoms with Crippen molar-refractivity contribution in [1.29, 1.82) is 0 Å². The summed E-state index contributed by atoms with van der Waals surface area (Å²) in [4.78, 5) is 12.7. The van der Waals surface area contributed by atoms with Crippen LogP contribution in [0.5, 0.6) is 17.2 Å². The Labute approximate surface area is 164 Å². The molecule has 0 unspecified atom stereocenters. The van der Waals surface area contributed by atoms with E-state index in [2.05, 4.69) is 5.32 Å². The Morgan fingerprint density at radius 1 is 0.964 bits per heavy atom. The van der Waals surface area contributed by atoms with Crippen molar-refractivity contribution in [3.05, 3.63) is 48.0 Å². The van der Waals surface area contributed by atoms with Gasteiger partial charge in [-0.25, -0.2) is 0 Å². The zero-order chi connectivity index (χ0) is 20.1. The molecule has 1 aliphatic rings. The van der Waals surface area contributed by atoms with Crippen LogP contribution >= 0.6 is 0 Å². The van der Waals surface area contributed by atoms with E-state index in [1.54, 1.807) is 51.7 Å². The highest BCUT2D eigenvalue weighted by Crippen LogP contribution is 2.36. The molecule has 7 heteroatoms. The highest BCUT2D eigenvalue weighted by Gasteiger charge is 2.40. The standard InChI is InChI=1S/C21H25NO6/c1-21(20(23)22-15-6-8-16(24-2)9-7-15)12-27-19(28-13-21)14-5-10-17(25-3)18(11-14)26-4/h5-11,19H,12-13H2,1-4H3,(H,22,23). The molecule has 0 bridgehead atoms. The monoisotopic (exact) mass is 387 g/mol. The Balaban J connectivity index is 1.63. The number of anilines is 1. The topological polar surface area (TPSA) is 75.3 Å². The summed E-state index contributed by atoms with van der Waals surface area (Å²) in [6, 6.07) is 12.6. The molecule has 0 aliphatic carbocycles. The van der Waals surface area contributed by atoms with Crippen molar-refractivity contribution in [1.82, 2.24) is 0 Å². The fourth-order valence-electron chi connectivity index (χ4n) is 2.89. The quantitative estimate of drug-likeness (QED) is 0.819. The van der Waals surface area contributed by atoms with Crippen molar-refractivity contribution < 1.29 is 28.5 Å². The number of rotatable bonds is 6. The summed E-state index contributed by atoms with van der Waals surface area (Å²) in [6.07, 6.45) is -0.568. The van der Waals surface area contributed by atoms with Crippen molar-refractivity contribution in [3.8, 4) is 17.2 Å². The van der Waals surface area contributed by atoms with Crippen LogP contribution in [0.2, 0.25) is 0 Å². The molecule has 1 amide bonds. The van der Waals surface area contributed by atoms with Crippen LogP contribution in [-0.4, -0.2) is 40.5 Å². The lowest BCUT2D eigenvalue weighted by Crippen LogP contribution is -2.45. The third-order valence-corrected chi connectivity index (χ3v) is 4.68. The first-order valence-corrected chi connectivity index (χ1v) is 8.90. The van der Waals surface area contributed by atoms with E-state index in [0.717, 1.165) is 11.3 Å². The maximum atomic E-state index is 12.7. The summed E-state index contributed by atoms with van der Waals surface area (Å²) in [5, 5.41) is 2.90. The smallest absolute Gasteiger partial charge is 0.234 e. The van der Waals surface area contributed by atoms with Gasteiger partial charge in [-0.05, 0) is 43.3 Å². The Kier molecular flexibility index (Phi) is 6.06. The van der Waals surface area contributed by atoms with Crippen LogP contribution in [0, 0.1) is 5.41 Å². The molecule has 150 valence electrons. The molecule has 1 fully saturated rings. The van der Waals surface area contributed by atoms with Crippen LogP contribution < -0.4 is 19.5 Å². The van der Waals surface area contributed by atoms with Gasteiger partial charge in [0.1, 0.15) is 5.75 Å². The molecule has 1 aliphatic heterocycles. The predicted molar refractivity (Wildman–Crippen MR) is 104 cm³/mol. The number of carbonyl (C=O) groups excluding carboxylic acids is 1. The lowest BCUT2D eigenvalue weighted by Gasteiger charge is -2.36.